The lowest BCUT2D eigenvalue weighted by Crippen LogP contribution is -2.52. The molecule has 24 heavy (non-hydrogen) atoms. The van der Waals surface area contributed by atoms with Crippen molar-refractivity contribution >= 4 is 15.7 Å². The highest BCUT2D eigenvalue weighted by atomic mass is 32.2. The Kier molecular flexibility index (Phi) is 5.22. The van der Waals surface area contributed by atoms with Crippen LogP contribution in [0, 0.1) is 0 Å². The Morgan fingerprint density at radius 1 is 1.25 bits per heavy atom. The summed E-state index contributed by atoms with van der Waals surface area (Å²) in [6.07, 6.45) is 0. The van der Waals surface area contributed by atoms with E-state index in [4.69, 9.17) is 0 Å². The van der Waals surface area contributed by atoms with Crippen LogP contribution in [0.25, 0.3) is 0 Å². The molecule has 132 valence electrons. The largest absolute Gasteiger partial charge is 0.333 e. The first kappa shape index (κ1) is 17.4. The van der Waals surface area contributed by atoms with Crippen LogP contribution in [0.15, 0.2) is 24.3 Å². The molecule has 6 nitrogen and oxygen atoms in total. The highest BCUT2D eigenvalue weighted by molar-refractivity contribution is 7.91. The highest BCUT2D eigenvalue weighted by Gasteiger charge is 2.25. The van der Waals surface area contributed by atoms with Crippen LogP contribution in [0.4, 0.5) is 0 Å². The summed E-state index contributed by atoms with van der Waals surface area (Å²) in [4.78, 5) is 16.8. The Morgan fingerprint density at radius 3 is 2.71 bits per heavy atom. The summed E-state index contributed by atoms with van der Waals surface area (Å²) in [6.45, 7) is 6.26. The van der Waals surface area contributed by atoms with Crippen LogP contribution >= 0.6 is 0 Å². The van der Waals surface area contributed by atoms with E-state index in [1.165, 1.54) is 0 Å². The summed E-state index contributed by atoms with van der Waals surface area (Å²) in [5.74, 6) is 0.528. The minimum atomic E-state index is -2.86. The molecule has 0 saturated carbocycles. The minimum Gasteiger partial charge on any atom is -0.333 e. The van der Waals surface area contributed by atoms with Gasteiger partial charge in [-0.1, -0.05) is 12.1 Å². The van der Waals surface area contributed by atoms with Crippen LogP contribution in [0.1, 0.15) is 22.8 Å². The maximum Gasteiger partial charge on any atom is 0.254 e. The lowest BCUT2D eigenvalue weighted by molar-refractivity contribution is 0.0655. The Hall–Kier alpha value is -1.44. The van der Waals surface area contributed by atoms with Crippen LogP contribution in [0.5, 0.6) is 0 Å². The van der Waals surface area contributed by atoms with Crippen LogP contribution in [-0.2, 0) is 16.4 Å². The minimum absolute atomic E-state index is 0.0760. The van der Waals surface area contributed by atoms with Crippen LogP contribution in [0.2, 0.25) is 0 Å². The van der Waals surface area contributed by atoms with Crippen molar-refractivity contribution in [3.8, 4) is 0 Å². The van der Waals surface area contributed by atoms with Crippen molar-refractivity contribution in [2.75, 3.05) is 44.2 Å². The molecule has 1 N–H and O–H groups in total. The van der Waals surface area contributed by atoms with Gasteiger partial charge in [-0.25, -0.2) is 8.42 Å². The Balaban J connectivity index is 1.67. The molecule has 2 aliphatic heterocycles. The molecule has 0 bridgehead atoms. The third kappa shape index (κ3) is 4.15. The number of carbonyl (C=O) groups excluding carboxylic acids is 1. The van der Waals surface area contributed by atoms with Crippen molar-refractivity contribution in [1.29, 1.82) is 0 Å². The zero-order valence-electron chi connectivity index (χ0n) is 14.1. The van der Waals surface area contributed by atoms with Gasteiger partial charge in [0.25, 0.3) is 5.91 Å². The van der Waals surface area contributed by atoms with E-state index >= 15 is 0 Å². The van der Waals surface area contributed by atoms with Crippen molar-refractivity contribution in [2.45, 2.75) is 19.5 Å². The van der Waals surface area contributed by atoms with Gasteiger partial charge in [-0.2, -0.15) is 0 Å². The van der Waals surface area contributed by atoms with E-state index in [0.29, 0.717) is 25.2 Å². The molecule has 3 rings (SSSR count). The SMILES string of the molecule is C[C@H]1CNCCN1C(=O)c1cccc(CN2CCS(=O)(=O)CC2)c1. The number of benzene rings is 1. The van der Waals surface area contributed by atoms with E-state index in [0.717, 1.165) is 25.2 Å². The second kappa shape index (κ2) is 7.21. The van der Waals surface area contributed by atoms with Gasteiger partial charge in [0, 0.05) is 50.9 Å². The van der Waals surface area contributed by atoms with Gasteiger partial charge in [-0.3, -0.25) is 9.69 Å². The molecule has 7 heteroatoms. The molecule has 0 spiro atoms. The number of piperazine rings is 1. The maximum atomic E-state index is 12.7. The summed E-state index contributed by atoms with van der Waals surface area (Å²) in [7, 11) is -2.86. The zero-order chi connectivity index (χ0) is 17.2. The first-order valence-corrected chi connectivity index (χ1v) is 10.3. The summed E-state index contributed by atoms with van der Waals surface area (Å²) in [5, 5.41) is 3.29. The second-order valence-corrected chi connectivity index (χ2v) is 8.98. The molecule has 0 aliphatic carbocycles. The quantitative estimate of drug-likeness (QED) is 0.851. The molecule has 1 aromatic rings. The first-order valence-electron chi connectivity index (χ1n) is 8.48. The molecule has 0 aromatic heterocycles. The number of amides is 1. The molecule has 2 fully saturated rings. The summed E-state index contributed by atoms with van der Waals surface area (Å²) in [5.41, 5.74) is 1.77. The van der Waals surface area contributed by atoms with E-state index in [9.17, 15) is 13.2 Å². The molecule has 2 aliphatic rings. The molecular weight excluding hydrogens is 326 g/mol. The van der Waals surface area contributed by atoms with Crippen LogP contribution in [0.3, 0.4) is 0 Å². The molecule has 1 amide bonds. The third-order valence-electron chi connectivity index (χ3n) is 4.78. The number of sulfone groups is 1. The van der Waals surface area contributed by atoms with Gasteiger partial charge in [0.15, 0.2) is 9.84 Å². The topological polar surface area (TPSA) is 69.7 Å². The van der Waals surface area contributed by atoms with Crippen molar-refractivity contribution in [3.05, 3.63) is 35.4 Å². The molecular formula is C17H25N3O3S. The summed E-state index contributed by atoms with van der Waals surface area (Å²) >= 11 is 0. The number of nitrogens with zero attached hydrogens (tertiary/aromatic N) is 2. The van der Waals surface area contributed by atoms with Gasteiger partial charge in [0.2, 0.25) is 0 Å². The average Bonchev–Trinajstić information content (AvgIpc) is 2.57. The van der Waals surface area contributed by atoms with Gasteiger partial charge in [0.05, 0.1) is 11.5 Å². The first-order chi connectivity index (χ1) is 11.4. The van der Waals surface area contributed by atoms with Crippen molar-refractivity contribution in [2.24, 2.45) is 0 Å². The van der Waals surface area contributed by atoms with Crippen molar-refractivity contribution in [1.82, 2.24) is 15.1 Å². The van der Waals surface area contributed by atoms with Gasteiger partial charge in [-0.15, -0.1) is 0 Å². The molecule has 2 saturated heterocycles. The van der Waals surface area contributed by atoms with Crippen LogP contribution in [-0.4, -0.2) is 74.4 Å². The zero-order valence-corrected chi connectivity index (χ0v) is 14.9. The standard InChI is InChI=1S/C17H25N3O3S/c1-14-12-18-5-6-20(14)17(21)16-4-2-3-15(11-16)13-19-7-9-24(22,23)10-8-19/h2-4,11,14,18H,5-10,12-13H2,1H3/t14-/m0/s1. The molecule has 1 atom stereocenters. The maximum absolute atomic E-state index is 12.7. The van der Waals surface area contributed by atoms with Gasteiger partial charge in [0.1, 0.15) is 0 Å². The molecule has 0 radical (unpaired) electrons. The van der Waals surface area contributed by atoms with E-state index in [1.807, 2.05) is 29.2 Å². The lowest BCUT2D eigenvalue weighted by Gasteiger charge is -2.34. The van der Waals surface area contributed by atoms with Crippen molar-refractivity contribution in [3.63, 3.8) is 0 Å². The summed E-state index contributed by atoms with van der Waals surface area (Å²) in [6, 6.07) is 7.92. The predicted molar refractivity (Wildman–Crippen MR) is 93.7 cm³/mol. The van der Waals surface area contributed by atoms with E-state index in [1.54, 1.807) is 0 Å². The normalized spacial score (nSPS) is 24.7. The number of nitrogens with one attached hydrogen (secondary N) is 1. The molecule has 2 heterocycles. The molecule has 0 unspecified atom stereocenters. The number of rotatable bonds is 3. The van der Waals surface area contributed by atoms with Gasteiger partial charge in [-0.05, 0) is 24.6 Å². The predicted octanol–water partition coefficient (Wildman–Crippen LogP) is 0.351. The Labute approximate surface area is 143 Å². The molecule has 1 aromatic carbocycles. The Morgan fingerprint density at radius 2 is 2.00 bits per heavy atom. The number of hydrogen-bond acceptors (Lipinski definition) is 5. The Bertz CT molecular complexity index is 691. The van der Waals surface area contributed by atoms with E-state index in [-0.39, 0.29) is 23.5 Å². The third-order valence-corrected chi connectivity index (χ3v) is 6.39. The fourth-order valence-corrected chi connectivity index (χ4v) is 4.55. The second-order valence-electron chi connectivity index (χ2n) is 6.68. The van der Waals surface area contributed by atoms with E-state index in [2.05, 4.69) is 17.1 Å². The monoisotopic (exact) mass is 351 g/mol. The lowest BCUT2D eigenvalue weighted by atomic mass is 10.1. The smallest absolute Gasteiger partial charge is 0.254 e. The van der Waals surface area contributed by atoms with Gasteiger partial charge >= 0.3 is 0 Å². The fourth-order valence-electron chi connectivity index (χ4n) is 3.28. The van der Waals surface area contributed by atoms with Crippen molar-refractivity contribution < 1.29 is 13.2 Å². The van der Waals surface area contributed by atoms with Crippen LogP contribution < -0.4 is 5.32 Å². The average molecular weight is 351 g/mol. The summed E-state index contributed by atoms with van der Waals surface area (Å²) < 4.78 is 23.0. The van der Waals surface area contributed by atoms with Gasteiger partial charge < -0.3 is 10.2 Å². The number of hydrogen-bond donors (Lipinski definition) is 1. The van der Waals surface area contributed by atoms with E-state index < -0.39 is 9.84 Å². The fraction of sp³-hybridized carbons (Fsp3) is 0.588. The highest BCUT2D eigenvalue weighted by Crippen LogP contribution is 2.15. The number of carbonyl (C=O) groups is 1.